The van der Waals surface area contributed by atoms with Crippen molar-refractivity contribution in [1.82, 2.24) is 0 Å². The normalized spacial score (nSPS) is 7.06. The molecule has 6 nitrogen and oxygen atoms in total. The van der Waals surface area contributed by atoms with Crippen molar-refractivity contribution in [3.8, 4) is 36.4 Å². The summed E-state index contributed by atoms with van der Waals surface area (Å²) in [6, 6.07) is 21.2. The van der Waals surface area contributed by atoms with E-state index in [9.17, 15) is 0 Å². The van der Waals surface area contributed by atoms with E-state index in [0.717, 1.165) is 77.0 Å². The monoisotopic (exact) mass is 476 g/mol. The van der Waals surface area contributed by atoms with Crippen molar-refractivity contribution in [2.24, 2.45) is 0 Å². The standard InChI is InChI=1S/C7H5N.4C5H9N.C2H3N/c8-6-7-4-2-1-3-5-7;4*1-2-3-4-5-6;1-2-3/h1-5H;4*2-4H2,1H3;1H3. The van der Waals surface area contributed by atoms with Gasteiger partial charge in [-0.1, -0.05) is 71.6 Å². The third-order valence-corrected chi connectivity index (χ3v) is 3.47. The summed E-state index contributed by atoms with van der Waals surface area (Å²) >= 11 is 0. The molecule has 0 heterocycles. The van der Waals surface area contributed by atoms with Gasteiger partial charge in [0.05, 0.1) is 42.0 Å². The maximum atomic E-state index is 8.29. The van der Waals surface area contributed by atoms with Gasteiger partial charge < -0.3 is 0 Å². The fourth-order valence-electron chi connectivity index (χ4n) is 1.54. The Bertz CT molecular complexity index is 675. The van der Waals surface area contributed by atoms with Gasteiger partial charge in [-0.05, 0) is 37.8 Å². The number of hydrogen-bond acceptors (Lipinski definition) is 6. The molecule has 0 radical (unpaired) electrons. The summed E-state index contributed by atoms with van der Waals surface area (Å²) in [5, 5.41) is 47.4. The highest BCUT2D eigenvalue weighted by molar-refractivity contribution is 5.27. The first-order chi connectivity index (χ1) is 17.0. The second-order valence-electron chi connectivity index (χ2n) is 6.75. The Kier molecular flexibility index (Phi) is 61.8. The molecule has 1 rings (SSSR count). The molecule has 1 aromatic carbocycles. The Morgan fingerprint density at radius 1 is 0.514 bits per heavy atom. The van der Waals surface area contributed by atoms with Gasteiger partial charge in [-0.25, -0.2) is 0 Å². The van der Waals surface area contributed by atoms with Crippen LogP contribution in [0.15, 0.2) is 30.3 Å². The van der Waals surface area contributed by atoms with Gasteiger partial charge in [0, 0.05) is 32.6 Å². The smallest absolute Gasteiger partial charge is 0.0991 e. The Hall–Kier alpha value is -3.84. The van der Waals surface area contributed by atoms with Gasteiger partial charge in [0.25, 0.3) is 0 Å². The Balaban J connectivity index is -0.000000105. The predicted molar refractivity (Wildman–Crippen MR) is 143 cm³/mol. The minimum absolute atomic E-state index is 0.715. The number of nitriles is 6. The summed E-state index contributed by atoms with van der Waals surface area (Å²) in [5.74, 6) is 0. The lowest BCUT2D eigenvalue weighted by molar-refractivity contribution is 0.822. The SMILES string of the molecule is CC#N.CCCCC#N.CCCCC#N.CCCCC#N.CCCCC#N.N#Cc1ccccc1. The first kappa shape index (κ1) is 41.4. The zero-order valence-corrected chi connectivity index (χ0v) is 22.6. The second kappa shape index (κ2) is 52.2. The van der Waals surface area contributed by atoms with Crippen LogP contribution in [-0.4, -0.2) is 0 Å². The van der Waals surface area contributed by atoms with Crippen molar-refractivity contribution in [3.63, 3.8) is 0 Å². The lowest BCUT2D eigenvalue weighted by atomic mass is 10.2. The molecule has 0 amide bonds. The number of rotatable bonds is 8. The van der Waals surface area contributed by atoms with Gasteiger partial charge in [-0.3, -0.25) is 0 Å². The first-order valence-electron chi connectivity index (χ1n) is 12.2. The molecule has 190 valence electrons. The van der Waals surface area contributed by atoms with E-state index in [1.165, 1.54) is 6.92 Å². The molecule has 0 saturated carbocycles. The Morgan fingerprint density at radius 2 is 0.771 bits per heavy atom. The topological polar surface area (TPSA) is 143 Å². The van der Waals surface area contributed by atoms with Crippen LogP contribution in [0.2, 0.25) is 0 Å². The van der Waals surface area contributed by atoms with Gasteiger partial charge in [0.2, 0.25) is 0 Å². The molecule has 0 aliphatic rings. The van der Waals surface area contributed by atoms with Crippen LogP contribution in [0, 0.1) is 68.0 Å². The van der Waals surface area contributed by atoms with E-state index < -0.39 is 0 Å². The maximum Gasteiger partial charge on any atom is 0.0991 e. The molecule has 0 saturated heterocycles. The summed E-state index contributed by atoms with van der Waals surface area (Å²) in [4.78, 5) is 0. The molecule has 0 atom stereocenters. The van der Waals surface area contributed by atoms with E-state index in [1.54, 1.807) is 18.2 Å². The second-order valence-corrected chi connectivity index (χ2v) is 6.75. The Morgan fingerprint density at radius 3 is 0.886 bits per heavy atom. The summed E-state index contributed by atoms with van der Waals surface area (Å²) in [6.45, 7) is 9.75. The minimum atomic E-state index is 0.715. The third-order valence-electron chi connectivity index (χ3n) is 3.47. The molecule has 0 N–H and O–H groups in total. The summed E-state index contributed by atoms with van der Waals surface area (Å²) in [6.07, 6.45) is 11.6. The largest absolute Gasteiger partial charge is 0.199 e. The fourth-order valence-corrected chi connectivity index (χ4v) is 1.54. The molecular weight excluding hydrogens is 432 g/mol. The zero-order chi connectivity index (χ0) is 27.8. The average molecular weight is 477 g/mol. The Labute approximate surface area is 215 Å². The van der Waals surface area contributed by atoms with Crippen LogP contribution in [0.25, 0.3) is 0 Å². The molecule has 0 unspecified atom stereocenters. The van der Waals surface area contributed by atoms with Crippen LogP contribution in [0.1, 0.15) is 117 Å². The van der Waals surface area contributed by atoms with E-state index in [0.29, 0.717) is 5.56 Å². The van der Waals surface area contributed by atoms with Crippen LogP contribution < -0.4 is 0 Å². The van der Waals surface area contributed by atoms with Crippen LogP contribution in [-0.2, 0) is 0 Å². The molecule has 1 aromatic rings. The van der Waals surface area contributed by atoms with E-state index in [2.05, 4.69) is 52.0 Å². The van der Waals surface area contributed by atoms with Gasteiger partial charge in [0.1, 0.15) is 0 Å². The molecule has 0 spiro atoms. The molecule has 35 heavy (non-hydrogen) atoms. The average Bonchev–Trinajstić information content (AvgIpc) is 2.90. The lowest BCUT2D eigenvalue weighted by Crippen LogP contribution is -1.66. The molecule has 0 fully saturated rings. The number of nitrogens with zero attached hydrogens (tertiary/aromatic N) is 6. The summed E-state index contributed by atoms with van der Waals surface area (Å²) < 4.78 is 0. The van der Waals surface area contributed by atoms with Crippen molar-refractivity contribution in [2.75, 3.05) is 0 Å². The summed E-state index contributed by atoms with van der Waals surface area (Å²) in [7, 11) is 0. The van der Waals surface area contributed by atoms with Crippen molar-refractivity contribution >= 4 is 0 Å². The third kappa shape index (κ3) is 72.5. The van der Waals surface area contributed by atoms with Crippen LogP contribution >= 0.6 is 0 Å². The van der Waals surface area contributed by atoms with Gasteiger partial charge in [-0.15, -0.1) is 0 Å². The highest BCUT2D eigenvalue weighted by Gasteiger charge is 1.79. The van der Waals surface area contributed by atoms with Gasteiger partial charge in [0.15, 0.2) is 0 Å². The predicted octanol–water partition coefficient (Wildman–Crippen LogP) is 8.89. The quantitative estimate of drug-likeness (QED) is 0.342. The number of benzene rings is 1. The van der Waals surface area contributed by atoms with Gasteiger partial charge in [-0.2, -0.15) is 31.6 Å². The molecule has 0 bridgehead atoms. The van der Waals surface area contributed by atoms with Crippen LogP contribution in [0.3, 0.4) is 0 Å². The highest BCUT2D eigenvalue weighted by atomic mass is 14.2. The highest BCUT2D eigenvalue weighted by Crippen LogP contribution is 1.93. The molecule has 0 aliphatic carbocycles. The number of hydrogen-bond donors (Lipinski definition) is 0. The fraction of sp³-hybridized carbons (Fsp3) is 0.586. The lowest BCUT2D eigenvalue weighted by Gasteiger charge is -1.80. The summed E-state index contributed by atoms with van der Waals surface area (Å²) in [5.41, 5.74) is 0.715. The molecule has 0 aromatic heterocycles. The molecule has 0 aliphatic heterocycles. The minimum Gasteiger partial charge on any atom is -0.199 e. The van der Waals surface area contributed by atoms with Crippen molar-refractivity contribution < 1.29 is 0 Å². The van der Waals surface area contributed by atoms with Crippen molar-refractivity contribution in [2.45, 2.75) is 112 Å². The van der Waals surface area contributed by atoms with E-state index in [-0.39, 0.29) is 0 Å². The van der Waals surface area contributed by atoms with E-state index in [1.807, 2.05) is 24.3 Å². The maximum absolute atomic E-state index is 8.29. The van der Waals surface area contributed by atoms with E-state index in [4.69, 9.17) is 31.6 Å². The molecule has 6 heteroatoms. The van der Waals surface area contributed by atoms with Gasteiger partial charge >= 0.3 is 0 Å². The first-order valence-corrected chi connectivity index (χ1v) is 12.2. The van der Waals surface area contributed by atoms with Crippen molar-refractivity contribution in [1.29, 1.82) is 31.6 Å². The molecular formula is C29H44N6. The van der Waals surface area contributed by atoms with E-state index >= 15 is 0 Å². The van der Waals surface area contributed by atoms with Crippen molar-refractivity contribution in [3.05, 3.63) is 35.9 Å². The number of unbranched alkanes of at least 4 members (excludes halogenated alkanes) is 8. The van der Waals surface area contributed by atoms with Crippen LogP contribution in [0.5, 0.6) is 0 Å². The zero-order valence-electron chi connectivity index (χ0n) is 22.6. The van der Waals surface area contributed by atoms with Crippen LogP contribution in [0.4, 0.5) is 0 Å².